The number of halogens is 1. The van der Waals surface area contributed by atoms with Crippen molar-refractivity contribution in [3.63, 3.8) is 0 Å². The standard InChI is InChI=1S/C24H31FN2O2S/c1-4-13-26-24(29)22(5-2)27(15-20-8-6-7-18(3)14-20)23(28)17-30-16-19-9-11-21(25)12-10-19/h6-12,14,22H,4-5,13,15-17H2,1-3H3,(H,26,29)/t22-/m1/s1. The Labute approximate surface area is 183 Å². The number of rotatable bonds is 11. The smallest absolute Gasteiger partial charge is 0.242 e. The van der Waals surface area contributed by atoms with Crippen LogP contribution in [0.3, 0.4) is 0 Å². The van der Waals surface area contributed by atoms with Crippen LogP contribution in [0.5, 0.6) is 0 Å². The number of amides is 2. The third-order valence-electron chi connectivity index (χ3n) is 4.78. The summed E-state index contributed by atoms with van der Waals surface area (Å²) in [6, 6.07) is 13.8. The van der Waals surface area contributed by atoms with Crippen LogP contribution >= 0.6 is 11.8 Å². The Balaban J connectivity index is 2.10. The Hall–Kier alpha value is -2.34. The highest BCUT2D eigenvalue weighted by Crippen LogP contribution is 2.18. The summed E-state index contributed by atoms with van der Waals surface area (Å²) in [6.07, 6.45) is 1.40. The number of nitrogens with zero attached hydrogens (tertiary/aromatic N) is 1. The zero-order valence-electron chi connectivity index (χ0n) is 18.0. The molecule has 2 rings (SSSR count). The SMILES string of the molecule is CCCNC(=O)[C@@H](CC)N(Cc1cccc(C)c1)C(=O)CSCc1ccc(F)cc1. The van der Waals surface area contributed by atoms with Gasteiger partial charge in [0.1, 0.15) is 11.9 Å². The topological polar surface area (TPSA) is 49.4 Å². The summed E-state index contributed by atoms with van der Waals surface area (Å²) in [4.78, 5) is 27.5. The molecule has 0 bridgehead atoms. The fourth-order valence-corrected chi connectivity index (χ4v) is 4.08. The number of aryl methyl sites for hydroxylation is 1. The maximum absolute atomic E-state index is 13.1. The summed E-state index contributed by atoms with van der Waals surface area (Å²) in [5, 5.41) is 2.93. The van der Waals surface area contributed by atoms with Gasteiger partial charge in [-0.3, -0.25) is 9.59 Å². The number of benzene rings is 2. The first-order valence-electron chi connectivity index (χ1n) is 10.4. The van der Waals surface area contributed by atoms with Gasteiger partial charge in [0.15, 0.2) is 0 Å². The van der Waals surface area contributed by atoms with Crippen molar-refractivity contribution in [3.05, 3.63) is 71.0 Å². The van der Waals surface area contributed by atoms with E-state index < -0.39 is 6.04 Å². The molecule has 0 heterocycles. The molecule has 1 N–H and O–H groups in total. The van der Waals surface area contributed by atoms with Crippen LogP contribution in [0.2, 0.25) is 0 Å². The van der Waals surface area contributed by atoms with Crippen molar-refractivity contribution in [1.29, 1.82) is 0 Å². The van der Waals surface area contributed by atoms with Crippen LogP contribution in [0.1, 0.15) is 43.4 Å². The highest BCUT2D eigenvalue weighted by atomic mass is 32.2. The predicted molar refractivity (Wildman–Crippen MR) is 122 cm³/mol. The van der Waals surface area contributed by atoms with Gasteiger partial charge >= 0.3 is 0 Å². The van der Waals surface area contributed by atoms with Crippen LogP contribution in [0.15, 0.2) is 48.5 Å². The maximum atomic E-state index is 13.1. The first kappa shape index (κ1) is 23.9. The van der Waals surface area contributed by atoms with Crippen molar-refractivity contribution in [1.82, 2.24) is 10.2 Å². The molecule has 0 aliphatic heterocycles. The van der Waals surface area contributed by atoms with Gasteiger partial charge in [0, 0.05) is 18.8 Å². The number of thioether (sulfide) groups is 1. The van der Waals surface area contributed by atoms with Crippen molar-refractivity contribution >= 4 is 23.6 Å². The minimum atomic E-state index is -0.504. The minimum Gasteiger partial charge on any atom is -0.354 e. The lowest BCUT2D eigenvalue weighted by molar-refractivity contribution is -0.139. The van der Waals surface area contributed by atoms with E-state index in [1.54, 1.807) is 17.0 Å². The van der Waals surface area contributed by atoms with Crippen molar-refractivity contribution in [2.75, 3.05) is 12.3 Å². The summed E-state index contributed by atoms with van der Waals surface area (Å²) in [6.45, 7) is 6.94. The lowest BCUT2D eigenvalue weighted by Gasteiger charge is -2.30. The van der Waals surface area contributed by atoms with E-state index in [1.807, 2.05) is 45.0 Å². The van der Waals surface area contributed by atoms with Gasteiger partial charge < -0.3 is 10.2 Å². The largest absolute Gasteiger partial charge is 0.354 e. The van der Waals surface area contributed by atoms with Gasteiger partial charge in [-0.15, -0.1) is 11.8 Å². The van der Waals surface area contributed by atoms with E-state index in [0.717, 1.165) is 23.1 Å². The third kappa shape index (κ3) is 7.48. The quantitative estimate of drug-likeness (QED) is 0.562. The van der Waals surface area contributed by atoms with E-state index in [2.05, 4.69) is 5.32 Å². The predicted octanol–water partition coefficient (Wildman–Crippen LogP) is 4.70. The molecule has 6 heteroatoms. The van der Waals surface area contributed by atoms with Crippen molar-refractivity contribution in [2.24, 2.45) is 0 Å². The molecule has 0 radical (unpaired) electrons. The van der Waals surface area contributed by atoms with E-state index in [9.17, 15) is 14.0 Å². The summed E-state index contributed by atoms with van der Waals surface area (Å²) in [7, 11) is 0. The molecule has 0 aliphatic rings. The van der Waals surface area contributed by atoms with Crippen molar-refractivity contribution in [3.8, 4) is 0 Å². The van der Waals surface area contributed by atoms with Crippen molar-refractivity contribution in [2.45, 2.75) is 52.0 Å². The van der Waals surface area contributed by atoms with Gasteiger partial charge in [-0.05, 0) is 43.0 Å². The summed E-state index contributed by atoms with van der Waals surface area (Å²) >= 11 is 1.47. The van der Waals surface area contributed by atoms with Crippen LogP contribution in [0.4, 0.5) is 4.39 Å². The molecular weight excluding hydrogens is 399 g/mol. The van der Waals surface area contributed by atoms with E-state index >= 15 is 0 Å². The molecule has 1 atom stereocenters. The monoisotopic (exact) mass is 430 g/mol. The highest BCUT2D eigenvalue weighted by Gasteiger charge is 2.28. The molecule has 4 nitrogen and oxygen atoms in total. The third-order valence-corrected chi connectivity index (χ3v) is 5.77. The van der Waals surface area contributed by atoms with Gasteiger partial charge in [0.05, 0.1) is 5.75 Å². The maximum Gasteiger partial charge on any atom is 0.242 e. The van der Waals surface area contributed by atoms with Crippen LogP contribution in [0, 0.1) is 12.7 Å². The normalized spacial score (nSPS) is 11.7. The lowest BCUT2D eigenvalue weighted by Crippen LogP contribution is -2.49. The Morgan fingerprint density at radius 1 is 1.10 bits per heavy atom. The molecule has 0 saturated heterocycles. The molecule has 2 aromatic rings. The zero-order valence-corrected chi connectivity index (χ0v) is 18.8. The average molecular weight is 431 g/mol. The lowest BCUT2D eigenvalue weighted by atomic mass is 10.1. The minimum absolute atomic E-state index is 0.0675. The number of hydrogen-bond donors (Lipinski definition) is 1. The van der Waals surface area contributed by atoms with Gasteiger partial charge in [-0.25, -0.2) is 4.39 Å². The summed E-state index contributed by atoms with van der Waals surface area (Å²) in [5.41, 5.74) is 3.09. The molecule has 0 aliphatic carbocycles. The molecule has 30 heavy (non-hydrogen) atoms. The van der Waals surface area contributed by atoms with Crippen LogP contribution in [-0.2, 0) is 21.9 Å². The molecule has 0 saturated carbocycles. The molecule has 0 aromatic heterocycles. The summed E-state index contributed by atoms with van der Waals surface area (Å²) in [5.74, 6) is 0.434. The first-order valence-corrected chi connectivity index (χ1v) is 11.5. The Morgan fingerprint density at radius 2 is 1.83 bits per heavy atom. The van der Waals surface area contributed by atoms with Gasteiger partial charge in [0.2, 0.25) is 11.8 Å². The number of hydrogen-bond acceptors (Lipinski definition) is 3. The second kappa shape index (κ2) is 12.4. The van der Waals surface area contributed by atoms with E-state index in [4.69, 9.17) is 0 Å². The Kier molecular flexibility index (Phi) is 9.87. The number of carbonyl (C=O) groups is 2. The molecule has 162 valence electrons. The van der Waals surface area contributed by atoms with Gasteiger partial charge in [-0.1, -0.05) is 55.8 Å². The van der Waals surface area contributed by atoms with Crippen LogP contribution in [0.25, 0.3) is 0 Å². The fraction of sp³-hybridized carbons (Fsp3) is 0.417. The van der Waals surface area contributed by atoms with E-state index in [-0.39, 0.29) is 23.4 Å². The Morgan fingerprint density at radius 3 is 2.47 bits per heavy atom. The number of nitrogens with one attached hydrogen (secondary N) is 1. The second-order valence-corrected chi connectivity index (χ2v) is 8.33. The number of carbonyl (C=O) groups excluding carboxylic acids is 2. The van der Waals surface area contributed by atoms with Crippen molar-refractivity contribution < 1.29 is 14.0 Å². The molecule has 0 fully saturated rings. The average Bonchev–Trinajstić information content (AvgIpc) is 2.73. The van der Waals surface area contributed by atoms with E-state index in [1.165, 1.54) is 23.9 Å². The summed E-state index contributed by atoms with van der Waals surface area (Å²) < 4.78 is 13.1. The van der Waals surface area contributed by atoms with Gasteiger partial charge in [0.25, 0.3) is 0 Å². The molecule has 0 spiro atoms. The molecule has 2 amide bonds. The molecular formula is C24H31FN2O2S. The second-order valence-electron chi connectivity index (χ2n) is 7.35. The highest BCUT2D eigenvalue weighted by molar-refractivity contribution is 7.99. The zero-order chi connectivity index (χ0) is 21.9. The molecule has 0 unspecified atom stereocenters. The first-order chi connectivity index (χ1) is 14.4. The van der Waals surface area contributed by atoms with E-state index in [0.29, 0.717) is 25.3 Å². The Bertz CT molecular complexity index is 826. The van der Waals surface area contributed by atoms with Crippen LogP contribution in [-0.4, -0.2) is 35.1 Å². The molecule has 2 aromatic carbocycles. The fourth-order valence-electron chi connectivity index (χ4n) is 3.21. The van der Waals surface area contributed by atoms with Gasteiger partial charge in [-0.2, -0.15) is 0 Å². The van der Waals surface area contributed by atoms with Crippen LogP contribution < -0.4 is 5.32 Å².